The molecule has 0 aromatic carbocycles. The highest BCUT2D eigenvalue weighted by atomic mass is 32.1. The molecule has 16 heavy (non-hydrogen) atoms. The number of hydrogen-bond donors (Lipinski definition) is 0. The fourth-order valence-electron chi connectivity index (χ4n) is 2.00. The van der Waals surface area contributed by atoms with Gasteiger partial charge in [-0.3, -0.25) is 0 Å². The largest absolute Gasteiger partial charge is 0.343 e. The van der Waals surface area contributed by atoms with Crippen LogP contribution in [-0.2, 0) is 13.0 Å². The monoisotopic (exact) mass is 250 g/mol. The van der Waals surface area contributed by atoms with E-state index >= 15 is 0 Å². The van der Waals surface area contributed by atoms with Gasteiger partial charge in [-0.1, -0.05) is 0 Å². The number of hydrogen-bond acceptors (Lipinski definition) is 4. The molecule has 0 radical (unpaired) electrons. The zero-order valence-corrected chi connectivity index (χ0v) is 11.1. The minimum Gasteiger partial charge on any atom is -0.343 e. The average Bonchev–Trinajstić information content (AvgIpc) is 2.85. The minimum atomic E-state index is 1.03. The molecule has 4 heteroatoms. The van der Waals surface area contributed by atoms with Gasteiger partial charge in [0.2, 0.25) is 0 Å². The number of aryl methyl sites for hydroxylation is 2. The first-order valence-electron chi connectivity index (χ1n) is 5.48. The lowest BCUT2D eigenvalue weighted by Gasteiger charge is -2.26. The number of fused-ring (bicyclic) bond motifs is 1. The molecule has 0 spiro atoms. The van der Waals surface area contributed by atoms with Gasteiger partial charge in [-0.15, -0.1) is 22.7 Å². The maximum absolute atomic E-state index is 4.64. The highest BCUT2D eigenvalue weighted by Gasteiger charge is 2.19. The van der Waals surface area contributed by atoms with E-state index in [2.05, 4.69) is 35.2 Å². The van der Waals surface area contributed by atoms with E-state index in [0.29, 0.717) is 0 Å². The molecule has 0 unspecified atom stereocenters. The molecule has 3 heterocycles. The van der Waals surface area contributed by atoms with Crippen molar-refractivity contribution in [3.8, 4) is 0 Å². The molecular weight excluding hydrogens is 236 g/mol. The third-order valence-corrected chi connectivity index (χ3v) is 5.25. The van der Waals surface area contributed by atoms with Gasteiger partial charge in [0.25, 0.3) is 0 Å². The number of aromatic nitrogens is 1. The van der Waals surface area contributed by atoms with Crippen molar-refractivity contribution in [1.29, 1.82) is 0 Å². The quantitative estimate of drug-likeness (QED) is 0.771. The Balaban J connectivity index is 1.88. The molecule has 0 saturated carbocycles. The second-order valence-electron chi connectivity index (χ2n) is 4.18. The first-order chi connectivity index (χ1) is 7.74. The molecule has 0 aliphatic carbocycles. The van der Waals surface area contributed by atoms with Crippen molar-refractivity contribution >= 4 is 27.8 Å². The summed E-state index contributed by atoms with van der Waals surface area (Å²) in [4.78, 5) is 9.94. The summed E-state index contributed by atoms with van der Waals surface area (Å²) in [5, 5.41) is 3.39. The molecule has 2 nitrogen and oxygen atoms in total. The van der Waals surface area contributed by atoms with E-state index in [0.717, 1.165) is 13.1 Å². The SMILES string of the molecule is Cc1nc(N2CCc3sccc3C2)sc1C. The van der Waals surface area contributed by atoms with E-state index in [9.17, 15) is 0 Å². The van der Waals surface area contributed by atoms with Gasteiger partial charge in [0.15, 0.2) is 5.13 Å². The lowest BCUT2D eigenvalue weighted by Crippen LogP contribution is -2.29. The number of nitrogens with zero attached hydrogens (tertiary/aromatic N) is 2. The van der Waals surface area contributed by atoms with Gasteiger partial charge in [0.05, 0.1) is 5.69 Å². The van der Waals surface area contributed by atoms with Gasteiger partial charge in [-0.05, 0) is 37.3 Å². The Labute approximate surface area is 104 Å². The summed E-state index contributed by atoms with van der Waals surface area (Å²) in [6.07, 6.45) is 1.17. The predicted octanol–water partition coefficient (Wildman–Crippen LogP) is 3.38. The lowest BCUT2D eigenvalue weighted by molar-refractivity contribution is 0.739. The number of thiazole rings is 1. The molecule has 1 aliphatic heterocycles. The van der Waals surface area contributed by atoms with Gasteiger partial charge in [-0.2, -0.15) is 0 Å². The zero-order chi connectivity index (χ0) is 11.1. The first kappa shape index (κ1) is 10.3. The average molecular weight is 250 g/mol. The predicted molar refractivity (Wildman–Crippen MR) is 70.7 cm³/mol. The Bertz CT molecular complexity index is 493. The van der Waals surface area contributed by atoms with Gasteiger partial charge < -0.3 is 4.90 Å². The molecule has 2 aromatic heterocycles. The van der Waals surface area contributed by atoms with Crippen molar-refractivity contribution in [2.75, 3.05) is 11.4 Å². The van der Waals surface area contributed by atoms with E-state index in [1.165, 1.54) is 27.7 Å². The molecule has 2 aromatic rings. The van der Waals surface area contributed by atoms with Crippen LogP contribution in [-0.4, -0.2) is 11.5 Å². The minimum absolute atomic E-state index is 1.03. The van der Waals surface area contributed by atoms with Crippen LogP contribution in [0.25, 0.3) is 0 Å². The van der Waals surface area contributed by atoms with Crippen LogP contribution < -0.4 is 4.90 Å². The van der Waals surface area contributed by atoms with Crippen LogP contribution in [0.2, 0.25) is 0 Å². The second-order valence-corrected chi connectivity index (χ2v) is 6.36. The fraction of sp³-hybridized carbons (Fsp3) is 0.417. The molecule has 0 atom stereocenters. The van der Waals surface area contributed by atoms with Crippen molar-refractivity contribution < 1.29 is 0 Å². The highest BCUT2D eigenvalue weighted by Crippen LogP contribution is 2.31. The van der Waals surface area contributed by atoms with E-state index in [1.54, 1.807) is 4.88 Å². The Morgan fingerprint density at radius 2 is 2.25 bits per heavy atom. The van der Waals surface area contributed by atoms with E-state index < -0.39 is 0 Å². The Kier molecular flexibility index (Phi) is 2.48. The Morgan fingerprint density at radius 3 is 3.00 bits per heavy atom. The van der Waals surface area contributed by atoms with Crippen LogP contribution in [0.4, 0.5) is 5.13 Å². The van der Waals surface area contributed by atoms with Crippen molar-refractivity contribution in [1.82, 2.24) is 4.98 Å². The van der Waals surface area contributed by atoms with Crippen LogP contribution in [0.15, 0.2) is 11.4 Å². The number of anilines is 1. The Morgan fingerprint density at radius 1 is 1.38 bits per heavy atom. The summed E-state index contributed by atoms with van der Waals surface area (Å²) in [5.41, 5.74) is 2.66. The summed E-state index contributed by atoms with van der Waals surface area (Å²) in [5.74, 6) is 0. The molecule has 0 fully saturated rings. The van der Waals surface area contributed by atoms with Gasteiger partial charge in [-0.25, -0.2) is 4.98 Å². The number of thiophene rings is 1. The third kappa shape index (κ3) is 1.66. The maximum atomic E-state index is 4.64. The van der Waals surface area contributed by atoms with Crippen molar-refractivity contribution in [2.24, 2.45) is 0 Å². The molecule has 84 valence electrons. The topological polar surface area (TPSA) is 16.1 Å². The summed E-state index contributed by atoms with van der Waals surface area (Å²) in [6.45, 7) is 6.39. The molecule has 0 bridgehead atoms. The van der Waals surface area contributed by atoms with Crippen LogP contribution >= 0.6 is 22.7 Å². The van der Waals surface area contributed by atoms with Crippen LogP contribution in [0.5, 0.6) is 0 Å². The summed E-state index contributed by atoms with van der Waals surface area (Å²) < 4.78 is 0. The first-order valence-corrected chi connectivity index (χ1v) is 7.18. The van der Waals surface area contributed by atoms with E-state index in [1.807, 2.05) is 22.7 Å². The third-order valence-electron chi connectivity index (χ3n) is 3.10. The van der Waals surface area contributed by atoms with Gasteiger partial charge in [0.1, 0.15) is 0 Å². The van der Waals surface area contributed by atoms with Crippen molar-refractivity contribution in [2.45, 2.75) is 26.8 Å². The van der Waals surface area contributed by atoms with Gasteiger partial charge in [0, 0.05) is 22.8 Å². The van der Waals surface area contributed by atoms with Crippen LogP contribution in [0, 0.1) is 13.8 Å². The van der Waals surface area contributed by atoms with Crippen LogP contribution in [0.3, 0.4) is 0 Å². The number of rotatable bonds is 1. The smallest absolute Gasteiger partial charge is 0.186 e. The highest BCUT2D eigenvalue weighted by molar-refractivity contribution is 7.15. The molecule has 3 rings (SSSR count). The summed E-state index contributed by atoms with van der Waals surface area (Å²) >= 11 is 3.70. The van der Waals surface area contributed by atoms with E-state index in [-0.39, 0.29) is 0 Å². The second kappa shape index (κ2) is 3.86. The lowest BCUT2D eigenvalue weighted by atomic mass is 10.1. The molecular formula is C12H14N2S2. The molecule has 0 N–H and O–H groups in total. The van der Waals surface area contributed by atoms with Crippen molar-refractivity contribution in [3.05, 3.63) is 32.5 Å². The van der Waals surface area contributed by atoms with E-state index in [4.69, 9.17) is 0 Å². The molecule has 0 amide bonds. The van der Waals surface area contributed by atoms with Crippen molar-refractivity contribution in [3.63, 3.8) is 0 Å². The Hall–Kier alpha value is -0.870. The maximum Gasteiger partial charge on any atom is 0.186 e. The molecule has 1 aliphatic rings. The normalized spacial score (nSPS) is 15.2. The molecule has 0 saturated heterocycles. The standard InChI is InChI=1S/C12H14N2S2/c1-8-9(2)16-12(13-8)14-5-3-11-10(7-14)4-6-15-11/h4,6H,3,5,7H2,1-2H3. The summed E-state index contributed by atoms with van der Waals surface area (Å²) in [7, 11) is 0. The van der Waals surface area contributed by atoms with Gasteiger partial charge >= 0.3 is 0 Å². The zero-order valence-electron chi connectivity index (χ0n) is 9.49. The summed E-state index contributed by atoms with van der Waals surface area (Å²) in [6, 6.07) is 2.25. The van der Waals surface area contributed by atoms with Crippen LogP contribution in [0.1, 0.15) is 21.0 Å². The fourth-order valence-corrected chi connectivity index (χ4v) is 3.83.